The van der Waals surface area contributed by atoms with Gasteiger partial charge < -0.3 is 10.1 Å². The Hall–Kier alpha value is -2.62. The van der Waals surface area contributed by atoms with Crippen molar-refractivity contribution in [3.8, 4) is 0 Å². The average Bonchev–Trinajstić information content (AvgIpc) is 2.44. The number of para-hydroxylation sites is 1. The topological polar surface area (TPSA) is 131 Å². The van der Waals surface area contributed by atoms with Gasteiger partial charge in [0.1, 0.15) is 0 Å². The van der Waals surface area contributed by atoms with E-state index in [-0.39, 0.29) is 17.3 Å². The summed E-state index contributed by atoms with van der Waals surface area (Å²) >= 11 is 0. The van der Waals surface area contributed by atoms with Gasteiger partial charge in [-0.05, 0) is 32.9 Å². The molecule has 1 rings (SSSR count). The molecule has 1 aromatic rings. The molecular formula is C15H21N3O6S. The fraction of sp³-hybridized carbons (Fsp3) is 0.400. The van der Waals surface area contributed by atoms with Gasteiger partial charge >= 0.3 is 12.0 Å². The molecule has 3 N–H and O–H groups in total. The Kier molecular flexibility index (Phi) is 6.92. The Bertz CT molecular complexity index is 760. The Balaban J connectivity index is 2.79. The number of ether oxygens (including phenoxy) is 1. The van der Waals surface area contributed by atoms with Gasteiger partial charge in [0.05, 0.1) is 17.5 Å². The van der Waals surface area contributed by atoms with E-state index in [1.54, 1.807) is 13.8 Å². The van der Waals surface area contributed by atoms with E-state index in [1.807, 2.05) is 5.32 Å². The van der Waals surface area contributed by atoms with Crippen molar-refractivity contribution in [1.82, 2.24) is 10.6 Å². The predicted molar refractivity (Wildman–Crippen MR) is 91.6 cm³/mol. The number of imide groups is 1. The molecule has 1 unspecified atom stereocenters. The molecule has 0 fully saturated rings. The van der Waals surface area contributed by atoms with Gasteiger partial charge in [-0.15, -0.1) is 0 Å². The smallest absolute Gasteiger partial charge is 0.341 e. The molecular weight excluding hydrogens is 350 g/mol. The molecule has 0 radical (unpaired) electrons. The second-order valence-electron chi connectivity index (χ2n) is 5.58. The molecule has 0 aliphatic rings. The SMILES string of the molecule is CC(C)NC(=O)NC(=O)C(C)OC(=O)c1ccccc1NS(C)(=O)=O. The lowest BCUT2D eigenvalue weighted by molar-refractivity contribution is -0.127. The van der Waals surface area contributed by atoms with Crippen LogP contribution in [0.15, 0.2) is 24.3 Å². The first kappa shape index (κ1) is 20.4. The Morgan fingerprint density at radius 1 is 1.08 bits per heavy atom. The first-order valence-corrected chi connectivity index (χ1v) is 9.28. The standard InChI is InChI=1S/C15H21N3O6S/c1-9(2)16-15(21)17-13(19)10(3)24-14(20)11-7-5-6-8-12(11)18-25(4,22)23/h5-10,18H,1-4H3,(H2,16,17,19,21). The minimum Gasteiger partial charge on any atom is -0.449 e. The highest BCUT2D eigenvalue weighted by atomic mass is 32.2. The van der Waals surface area contributed by atoms with Crippen LogP contribution in [0.1, 0.15) is 31.1 Å². The van der Waals surface area contributed by atoms with E-state index in [0.717, 1.165) is 6.26 Å². The van der Waals surface area contributed by atoms with Gasteiger partial charge in [0.15, 0.2) is 6.10 Å². The maximum atomic E-state index is 12.2. The van der Waals surface area contributed by atoms with Crippen LogP contribution >= 0.6 is 0 Å². The summed E-state index contributed by atoms with van der Waals surface area (Å²) in [4.78, 5) is 35.5. The van der Waals surface area contributed by atoms with Crippen LogP contribution in [0.2, 0.25) is 0 Å². The molecule has 138 valence electrons. The van der Waals surface area contributed by atoms with E-state index < -0.39 is 34.0 Å². The third-order valence-corrected chi connectivity index (χ3v) is 3.34. The molecule has 1 atom stereocenters. The Morgan fingerprint density at radius 3 is 2.24 bits per heavy atom. The van der Waals surface area contributed by atoms with Crippen molar-refractivity contribution >= 4 is 33.6 Å². The number of nitrogens with one attached hydrogen (secondary N) is 3. The third-order valence-electron chi connectivity index (χ3n) is 2.75. The lowest BCUT2D eigenvalue weighted by Gasteiger charge is -2.15. The second-order valence-corrected chi connectivity index (χ2v) is 7.33. The summed E-state index contributed by atoms with van der Waals surface area (Å²) in [6.45, 7) is 4.74. The van der Waals surface area contributed by atoms with Crippen molar-refractivity contribution in [2.45, 2.75) is 32.9 Å². The lowest BCUT2D eigenvalue weighted by Crippen LogP contribution is -2.46. The molecule has 0 spiro atoms. The normalized spacial score (nSPS) is 12.2. The summed E-state index contributed by atoms with van der Waals surface area (Å²) in [5.74, 6) is -1.71. The summed E-state index contributed by atoms with van der Waals surface area (Å²) in [7, 11) is -3.60. The summed E-state index contributed by atoms with van der Waals surface area (Å²) in [6.07, 6.45) is -0.310. The van der Waals surface area contributed by atoms with Crippen LogP contribution < -0.4 is 15.4 Å². The Labute approximate surface area is 146 Å². The van der Waals surface area contributed by atoms with Gasteiger partial charge in [-0.3, -0.25) is 14.8 Å². The molecule has 0 aliphatic carbocycles. The molecule has 0 saturated heterocycles. The van der Waals surface area contributed by atoms with Gasteiger partial charge in [0.25, 0.3) is 5.91 Å². The summed E-state index contributed by atoms with van der Waals surface area (Å²) in [5, 5.41) is 4.50. The van der Waals surface area contributed by atoms with Gasteiger partial charge in [0, 0.05) is 6.04 Å². The number of esters is 1. The Morgan fingerprint density at radius 2 is 1.68 bits per heavy atom. The zero-order valence-electron chi connectivity index (χ0n) is 14.3. The number of amides is 3. The monoisotopic (exact) mass is 371 g/mol. The molecule has 0 saturated carbocycles. The van der Waals surface area contributed by atoms with Crippen LogP contribution in [0.4, 0.5) is 10.5 Å². The number of sulfonamides is 1. The number of hydrogen-bond donors (Lipinski definition) is 3. The number of carbonyl (C=O) groups is 3. The average molecular weight is 371 g/mol. The first-order valence-electron chi connectivity index (χ1n) is 7.38. The van der Waals surface area contributed by atoms with E-state index in [9.17, 15) is 22.8 Å². The van der Waals surface area contributed by atoms with Crippen LogP contribution in [-0.2, 0) is 19.6 Å². The molecule has 0 aromatic heterocycles. The van der Waals surface area contributed by atoms with Gasteiger partial charge in [-0.2, -0.15) is 0 Å². The highest BCUT2D eigenvalue weighted by Crippen LogP contribution is 2.18. The van der Waals surface area contributed by atoms with E-state index in [4.69, 9.17) is 4.74 Å². The van der Waals surface area contributed by atoms with Crippen LogP contribution in [-0.4, -0.2) is 44.7 Å². The van der Waals surface area contributed by atoms with Gasteiger partial charge in [-0.1, -0.05) is 12.1 Å². The maximum absolute atomic E-state index is 12.2. The van der Waals surface area contributed by atoms with Crippen molar-refractivity contribution < 1.29 is 27.5 Å². The first-order chi connectivity index (χ1) is 11.5. The number of carbonyl (C=O) groups excluding carboxylic acids is 3. The van der Waals surface area contributed by atoms with Crippen LogP contribution in [0.3, 0.4) is 0 Å². The highest BCUT2D eigenvalue weighted by Gasteiger charge is 2.23. The molecule has 25 heavy (non-hydrogen) atoms. The third kappa shape index (κ3) is 7.21. The zero-order valence-corrected chi connectivity index (χ0v) is 15.1. The van der Waals surface area contributed by atoms with Crippen LogP contribution in [0, 0.1) is 0 Å². The van der Waals surface area contributed by atoms with Crippen molar-refractivity contribution in [1.29, 1.82) is 0 Å². The number of benzene rings is 1. The fourth-order valence-electron chi connectivity index (χ4n) is 1.74. The lowest BCUT2D eigenvalue weighted by atomic mass is 10.2. The van der Waals surface area contributed by atoms with Crippen molar-refractivity contribution in [3.05, 3.63) is 29.8 Å². The molecule has 9 nitrogen and oxygen atoms in total. The summed E-state index contributed by atoms with van der Waals surface area (Å²) < 4.78 is 29.9. The van der Waals surface area contributed by atoms with Crippen molar-refractivity contribution in [3.63, 3.8) is 0 Å². The maximum Gasteiger partial charge on any atom is 0.341 e. The molecule has 3 amide bonds. The minimum atomic E-state index is -3.60. The second kappa shape index (κ2) is 8.47. The van der Waals surface area contributed by atoms with Gasteiger partial charge in [0.2, 0.25) is 10.0 Å². The zero-order chi connectivity index (χ0) is 19.2. The van der Waals surface area contributed by atoms with Crippen LogP contribution in [0.25, 0.3) is 0 Å². The predicted octanol–water partition coefficient (Wildman–Crippen LogP) is 0.838. The highest BCUT2D eigenvalue weighted by molar-refractivity contribution is 7.92. The largest absolute Gasteiger partial charge is 0.449 e. The molecule has 10 heteroatoms. The number of hydrogen-bond acceptors (Lipinski definition) is 6. The molecule has 0 bridgehead atoms. The fourth-order valence-corrected chi connectivity index (χ4v) is 2.32. The number of urea groups is 1. The minimum absolute atomic E-state index is 0.0279. The summed E-state index contributed by atoms with van der Waals surface area (Å²) in [6, 6.07) is 4.92. The van der Waals surface area contributed by atoms with E-state index in [0.29, 0.717) is 0 Å². The molecule has 1 aromatic carbocycles. The number of anilines is 1. The van der Waals surface area contributed by atoms with Crippen LogP contribution in [0.5, 0.6) is 0 Å². The quantitative estimate of drug-likeness (QED) is 0.635. The van der Waals surface area contributed by atoms with E-state index in [2.05, 4.69) is 10.0 Å². The molecule has 0 aliphatic heterocycles. The van der Waals surface area contributed by atoms with Crippen molar-refractivity contribution in [2.75, 3.05) is 11.0 Å². The number of rotatable bonds is 6. The van der Waals surface area contributed by atoms with E-state index in [1.165, 1.54) is 31.2 Å². The summed E-state index contributed by atoms with van der Waals surface area (Å²) in [5.41, 5.74) is -0.0284. The van der Waals surface area contributed by atoms with Crippen molar-refractivity contribution in [2.24, 2.45) is 0 Å². The molecule has 0 heterocycles. The van der Waals surface area contributed by atoms with Gasteiger partial charge in [-0.25, -0.2) is 18.0 Å². The van der Waals surface area contributed by atoms with E-state index >= 15 is 0 Å².